The number of nitrogens with zero attached hydrogens (tertiary/aromatic N) is 4. The molecule has 2 saturated heterocycles. The maximum atomic E-state index is 12.4. The molecule has 2 amide bonds. The molecule has 1 aromatic rings. The fraction of sp³-hybridized carbons (Fsp3) is 0.667. The van der Waals surface area contributed by atoms with Crippen molar-refractivity contribution in [2.24, 2.45) is 0 Å². The van der Waals surface area contributed by atoms with Gasteiger partial charge in [-0.3, -0.25) is 9.88 Å². The highest BCUT2D eigenvalue weighted by Gasteiger charge is 2.21. The van der Waals surface area contributed by atoms with Crippen LogP contribution in [0.1, 0.15) is 18.3 Å². The molecule has 0 spiro atoms. The van der Waals surface area contributed by atoms with E-state index >= 15 is 0 Å². The third kappa shape index (κ3) is 4.90. The lowest BCUT2D eigenvalue weighted by Crippen LogP contribution is -2.52. The second kappa shape index (κ2) is 8.12. The monoisotopic (exact) mass is 346 g/mol. The summed E-state index contributed by atoms with van der Waals surface area (Å²) in [7, 11) is 2.16. The van der Waals surface area contributed by atoms with Gasteiger partial charge in [0.25, 0.3) is 0 Å². The number of aromatic nitrogens is 1. The highest BCUT2D eigenvalue weighted by atomic mass is 16.2. The molecular formula is C18H30N6O. The standard InChI is InChI=1S/C18H30N6O/c1-14-12-24(7-6-19-14)18(25)21-17-5-4-16(20-15(17)2)13-23-10-8-22(3)9-11-23/h4-5,14,19H,6-13H2,1-3H3,(H,21,25). The van der Waals surface area contributed by atoms with Crippen LogP contribution in [0.2, 0.25) is 0 Å². The average Bonchev–Trinajstić information content (AvgIpc) is 2.59. The van der Waals surface area contributed by atoms with E-state index in [4.69, 9.17) is 4.98 Å². The maximum Gasteiger partial charge on any atom is 0.321 e. The fourth-order valence-electron chi connectivity index (χ4n) is 3.38. The molecular weight excluding hydrogens is 316 g/mol. The van der Waals surface area contributed by atoms with Crippen molar-refractivity contribution in [3.63, 3.8) is 0 Å². The topological polar surface area (TPSA) is 63.7 Å². The van der Waals surface area contributed by atoms with Crippen molar-refractivity contribution in [1.29, 1.82) is 0 Å². The van der Waals surface area contributed by atoms with Gasteiger partial charge in [-0.25, -0.2) is 4.79 Å². The summed E-state index contributed by atoms with van der Waals surface area (Å²) in [5.74, 6) is 0. The van der Waals surface area contributed by atoms with Gasteiger partial charge in [-0.05, 0) is 33.0 Å². The number of aryl methyl sites for hydroxylation is 1. The minimum absolute atomic E-state index is 0.0370. The highest BCUT2D eigenvalue weighted by molar-refractivity contribution is 5.90. The van der Waals surface area contributed by atoms with Crippen molar-refractivity contribution in [1.82, 2.24) is 25.0 Å². The van der Waals surface area contributed by atoms with Gasteiger partial charge >= 0.3 is 6.03 Å². The number of likely N-dealkylation sites (N-methyl/N-ethyl adjacent to an activating group) is 1. The molecule has 1 atom stereocenters. The number of amides is 2. The van der Waals surface area contributed by atoms with E-state index in [-0.39, 0.29) is 6.03 Å². The Morgan fingerprint density at radius 2 is 2.04 bits per heavy atom. The molecule has 3 heterocycles. The van der Waals surface area contributed by atoms with E-state index < -0.39 is 0 Å². The first-order chi connectivity index (χ1) is 12.0. The maximum absolute atomic E-state index is 12.4. The van der Waals surface area contributed by atoms with Gasteiger partial charge < -0.3 is 20.4 Å². The minimum Gasteiger partial charge on any atom is -0.322 e. The van der Waals surface area contributed by atoms with Crippen LogP contribution in [-0.2, 0) is 6.54 Å². The van der Waals surface area contributed by atoms with Gasteiger partial charge in [0.05, 0.1) is 17.1 Å². The van der Waals surface area contributed by atoms with Gasteiger partial charge in [-0.2, -0.15) is 0 Å². The Balaban J connectivity index is 1.57. The number of carbonyl (C=O) groups excluding carboxylic acids is 1. The molecule has 2 aliphatic heterocycles. The Kier molecular flexibility index (Phi) is 5.88. The van der Waals surface area contributed by atoms with Crippen LogP contribution in [0.15, 0.2) is 12.1 Å². The number of rotatable bonds is 3. The lowest BCUT2D eigenvalue weighted by atomic mass is 10.2. The summed E-state index contributed by atoms with van der Waals surface area (Å²) in [5.41, 5.74) is 2.75. The second-order valence-corrected chi connectivity index (χ2v) is 7.25. The first kappa shape index (κ1) is 18.1. The Morgan fingerprint density at radius 1 is 1.28 bits per heavy atom. The largest absolute Gasteiger partial charge is 0.322 e. The van der Waals surface area contributed by atoms with Crippen molar-refractivity contribution in [2.45, 2.75) is 26.4 Å². The van der Waals surface area contributed by atoms with E-state index in [1.54, 1.807) is 0 Å². The molecule has 2 aliphatic rings. The Hall–Kier alpha value is -1.70. The molecule has 7 nitrogen and oxygen atoms in total. The lowest BCUT2D eigenvalue weighted by molar-refractivity contribution is 0.147. The van der Waals surface area contributed by atoms with Crippen molar-refractivity contribution < 1.29 is 4.79 Å². The highest BCUT2D eigenvalue weighted by Crippen LogP contribution is 2.16. The molecule has 0 radical (unpaired) electrons. The number of anilines is 1. The van der Waals surface area contributed by atoms with Crippen LogP contribution in [0.4, 0.5) is 10.5 Å². The van der Waals surface area contributed by atoms with Crippen molar-refractivity contribution in [3.05, 3.63) is 23.5 Å². The quantitative estimate of drug-likeness (QED) is 0.854. The van der Waals surface area contributed by atoms with Gasteiger partial charge in [0.2, 0.25) is 0 Å². The van der Waals surface area contributed by atoms with E-state index in [0.29, 0.717) is 6.04 Å². The first-order valence-electron chi connectivity index (χ1n) is 9.18. The van der Waals surface area contributed by atoms with Crippen molar-refractivity contribution in [3.8, 4) is 0 Å². The fourth-order valence-corrected chi connectivity index (χ4v) is 3.38. The molecule has 2 N–H and O–H groups in total. The summed E-state index contributed by atoms with van der Waals surface area (Å²) < 4.78 is 0. The summed E-state index contributed by atoms with van der Waals surface area (Å²) in [6.07, 6.45) is 0. The van der Waals surface area contributed by atoms with E-state index in [1.807, 2.05) is 24.0 Å². The number of carbonyl (C=O) groups is 1. The smallest absolute Gasteiger partial charge is 0.321 e. The molecule has 0 bridgehead atoms. The van der Waals surface area contributed by atoms with Gasteiger partial charge in [0.15, 0.2) is 0 Å². The van der Waals surface area contributed by atoms with Crippen LogP contribution in [0.25, 0.3) is 0 Å². The van der Waals surface area contributed by atoms with E-state index in [1.165, 1.54) is 0 Å². The predicted molar refractivity (Wildman–Crippen MR) is 99.8 cm³/mol. The zero-order valence-electron chi connectivity index (χ0n) is 15.6. The van der Waals surface area contributed by atoms with E-state index in [9.17, 15) is 4.79 Å². The summed E-state index contributed by atoms with van der Waals surface area (Å²) in [6.45, 7) is 11.6. The second-order valence-electron chi connectivity index (χ2n) is 7.25. The van der Waals surface area contributed by atoms with E-state index in [0.717, 1.165) is 69.4 Å². The number of hydrogen-bond acceptors (Lipinski definition) is 5. The van der Waals surface area contributed by atoms with Crippen molar-refractivity contribution >= 4 is 11.7 Å². The van der Waals surface area contributed by atoms with Crippen LogP contribution in [0.3, 0.4) is 0 Å². The average molecular weight is 346 g/mol. The van der Waals surface area contributed by atoms with Crippen LogP contribution in [-0.4, -0.2) is 84.6 Å². The van der Waals surface area contributed by atoms with Gasteiger partial charge in [0.1, 0.15) is 0 Å². The molecule has 7 heteroatoms. The molecule has 138 valence electrons. The van der Waals surface area contributed by atoms with Gasteiger partial charge in [0, 0.05) is 58.4 Å². The molecule has 1 unspecified atom stereocenters. The Bertz CT molecular complexity index is 599. The zero-order valence-corrected chi connectivity index (χ0v) is 15.6. The third-order valence-corrected chi connectivity index (χ3v) is 5.02. The number of nitrogens with one attached hydrogen (secondary N) is 2. The van der Waals surface area contributed by atoms with Gasteiger partial charge in [-0.1, -0.05) is 0 Å². The molecule has 0 saturated carbocycles. The van der Waals surface area contributed by atoms with Crippen LogP contribution < -0.4 is 10.6 Å². The van der Waals surface area contributed by atoms with E-state index in [2.05, 4.69) is 34.4 Å². The molecule has 2 fully saturated rings. The zero-order chi connectivity index (χ0) is 17.8. The molecule has 1 aromatic heterocycles. The lowest BCUT2D eigenvalue weighted by Gasteiger charge is -2.32. The normalized spacial score (nSPS) is 22.8. The third-order valence-electron chi connectivity index (χ3n) is 5.02. The number of urea groups is 1. The number of hydrogen-bond donors (Lipinski definition) is 2. The van der Waals surface area contributed by atoms with Crippen LogP contribution in [0, 0.1) is 6.92 Å². The van der Waals surface area contributed by atoms with Crippen molar-refractivity contribution in [2.75, 3.05) is 58.2 Å². The number of pyridine rings is 1. The SMILES string of the molecule is Cc1nc(CN2CCN(C)CC2)ccc1NC(=O)N1CCNC(C)C1. The molecule has 0 aromatic carbocycles. The summed E-state index contributed by atoms with van der Waals surface area (Å²) in [4.78, 5) is 23.8. The molecule has 3 rings (SSSR count). The number of piperazine rings is 2. The minimum atomic E-state index is -0.0370. The van der Waals surface area contributed by atoms with Crippen LogP contribution >= 0.6 is 0 Å². The molecule has 0 aliphatic carbocycles. The summed E-state index contributed by atoms with van der Waals surface area (Å²) >= 11 is 0. The summed E-state index contributed by atoms with van der Waals surface area (Å²) in [6, 6.07) is 4.31. The predicted octanol–water partition coefficient (Wildman–Crippen LogP) is 0.963. The summed E-state index contributed by atoms with van der Waals surface area (Å²) in [5, 5.41) is 6.36. The molecule has 25 heavy (non-hydrogen) atoms. The Labute approximate surface area is 150 Å². The Morgan fingerprint density at radius 3 is 2.72 bits per heavy atom. The van der Waals surface area contributed by atoms with Gasteiger partial charge in [-0.15, -0.1) is 0 Å². The first-order valence-corrected chi connectivity index (χ1v) is 9.18. The van der Waals surface area contributed by atoms with Crippen LogP contribution in [0.5, 0.6) is 0 Å².